The molecule has 3 heterocycles. The molecule has 1 aliphatic heterocycles. The van der Waals surface area contributed by atoms with Crippen LogP contribution in [0.3, 0.4) is 0 Å². The van der Waals surface area contributed by atoms with Gasteiger partial charge in [-0.15, -0.1) is 0 Å². The summed E-state index contributed by atoms with van der Waals surface area (Å²) in [6, 6.07) is 3.96. The molecule has 1 saturated heterocycles. The van der Waals surface area contributed by atoms with Crippen LogP contribution in [-0.4, -0.2) is 34.8 Å². The predicted molar refractivity (Wildman–Crippen MR) is 71.9 cm³/mol. The summed E-state index contributed by atoms with van der Waals surface area (Å²) in [5, 5.41) is 3.92. The summed E-state index contributed by atoms with van der Waals surface area (Å²) in [4.78, 5) is 10.8. The van der Waals surface area contributed by atoms with E-state index in [1.807, 2.05) is 12.1 Å². The molecule has 6 nitrogen and oxygen atoms in total. The Morgan fingerprint density at radius 1 is 1.42 bits per heavy atom. The first kappa shape index (κ1) is 12.6. The van der Waals surface area contributed by atoms with Crippen LogP contribution < -0.4 is 4.90 Å². The van der Waals surface area contributed by atoms with Gasteiger partial charge in [0, 0.05) is 24.1 Å². The topological polar surface area (TPSA) is 64.3 Å². The number of hydrogen-bond donors (Lipinski definition) is 0. The minimum atomic E-state index is -0.170. The van der Waals surface area contributed by atoms with E-state index in [1.165, 1.54) is 0 Å². The lowest BCUT2D eigenvalue weighted by molar-refractivity contribution is 0.0323. The zero-order valence-electron chi connectivity index (χ0n) is 10.4. The van der Waals surface area contributed by atoms with Crippen molar-refractivity contribution >= 4 is 21.7 Å². The lowest BCUT2D eigenvalue weighted by Gasteiger charge is -2.32. The summed E-state index contributed by atoms with van der Waals surface area (Å²) in [5.74, 6) is 2.08. The monoisotopic (exact) mass is 324 g/mol. The van der Waals surface area contributed by atoms with Crippen molar-refractivity contribution < 1.29 is 9.26 Å². The van der Waals surface area contributed by atoms with Crippen molar-refractivity contribution in [1.29, 1.82) is 0 Å². The standard InChI is InChI=1S/C12H13BrN4O2/c1-8-15-12(16-19-8)10-7-17(4-5-18-10)11-3-2-9(13)6-14-11/h2-3,6,10H,4-5,7H2,1H3. The maximum atomic E-state index is 5.69. The molecule has 0 aliphatic carbocycles. The van der Waals surface area contributed by atoms with E-state index in [0.717, 1.165) is 16.8 Å². The summed E-state index contributed by atoms with van der Waals surface area (Å²) >= 11 is 3.38. The first-order valence-corrected chi connectivity index (χ1v) is 6.80. The average molecular weight is 325 g/mol. The molecule has 7 heteroatoms. The number of anilines is 1. The van der Waals surface area contributed by atoms with Gasteiger partial charge in [0.05, 0.1) is 13.2 Å². The van der Waals surface area contributed by atoms with Crippen LogP contribution in [0.1, 0.15) is 17.8 Å². The Kier molecular flexibility index (Phi) is 3.48. The summed E-state index contributed by atoms with van der Waals surface area (Å²) in [5.41, 5.74) is 0. The Hall–Kier alpha value is -1.47. The Morgan fingerprint density at radius 3 is 3.00 bits per heavy atom. The molecule has 0 bridgehead atoms. The zero-order valence-corrected chi connectivity index (χ0v) is 12.0. The number of morpholine rings is 1. The van der Waals surface area contributed by atoms with Gasteiger partial charge >= 0.3 is 0 Å². The van der Waals surface area contributed by atoms with E-state index in [0.29, 0.717) is 24.9 Å². The maximum Gasteiger partial charge on any atom is 0.223 e. The first-order chi connectivity index (χ1) is 9.22. The van der Waals surface area contributed by atoms with Crippen molar-refractivity contribution in [3.63, 3.8) is 0 Å². The van der Waals surface area contributed by atoms with Gasteiger partial charge in [-0.2, -0.15) is 4.98 Å². The van der Waals surface area contributed by atoms with Crippen molar-refractivity contribution in [1.82, 2.24) is 15.1 Å². The second-order valence-electron chi connectivity index (χ2n) is 4.31. The Balaban J connectivity index is 1.76. The Bertz CT molecular complexity index is 557. The molecule has 19 heavy (non-hydrogen) atoms. The first-order valence-electron chi connectivity index (χ1n) is 6.01. The molecule has 100 valence electrons. The molecule has 1 unspecified atom stereocenters. The number of aryl methyl sites for hydroxylation is 1. The van der Waals surface area contributed by atoms with Gasteiger partial charge in [0.2, 0.25) is 11.7 Å². The van der Waals surface area contributed by atoms with E-state index >= 15 is 0 Å². The van der Waals surface area contributed by atoms with Gasteiger partial charge in [0.15, 0.2) is 0 Å². The van der Waals surface area contributed by atoms with E-state index in [9.17, 15) is 0 Å². The van der Waals surface area contributed by atoms with Crippen molar-refractivity contribution in [2.24, 2.45) is 0 Å². The molecule has 1 aliphatic rings. The Morgan fingerprint density at radius 2 is 2.32 bits per heavy atom. The molecule has 0 saturated carbocycles. The molecular weight excluding hydrogens is 312 g/mol. The number of rotatable bonds is 2. The fraction of sp³-hybridized carbons (Fsp3) is 0.417. The minimum Gasteiger partial charge on any atom is -0.366 e. The summed E-state index contributed by atoms with van der Waals surface area (Å²) in [6.45, 7) is 3.87. The number of nitrogens with zero attached hydrogens (tertiary/aromatic N) is 4. The Labute approximate surface area is 118 Å². The van der Waals surface area contributed by atoms with Crippen molar-refractivity contribution in [2.75, 3.05) is 24.6 Å². The molecule has 1 fully saturated rings. The van der Waals surface area contributed by atoms with E-state index in [-0.39, 0.29) is 6.10 Å². The average Bonchev–Trinajstić information content (AvgIpc) is 2.86. The molecule has 0 amide bonds. The van der Waals surface area contributed by atoms with Crippen LogP contribution in [0.15, 0.2) is 27.3 Å². The molecule has 2 aromatic heterocycles. The van der Waals surface area contributed by atoms with Gasteiger partial charge in [-0.05, 0) is 28.1 Å². The number of pyridine rings is 1. The second-order valence-corrected chi connectivity index (χ2v) is 5.23. The van der Waals surface area contributed by atoms with E-state index < -0.39 is 0 Å². The summed E-state index contributed by atoms with van der Waals surface area (Å²) in [7, 11) is 0. The second kappa shape index (κ2) is 5.26. The summed E-state index contributed by atoms with van der Waals surface area (Å²) < 4.78 is 11.6. The number of hydrogen-bond acceptors (Lipinski definition) is 6. The smallest absolute Gasteiger partial charge is 0.223 e. The lowest BCUT2D eigenvalue weighted by Crippen LogP contribution is -2.39. The highest BCUT2D eigenvalue weighted by Gasteiger charge is 2.26. The van der Waals surface area contributed by atoms with Crippen LogP contribution in [-0.2, 0) is 4.74 Å². The van der Waals surface area contributed by atoms with Gasteiger partial charge in [0.1, 0.15) is 11.9 Å². The zero-order chi connectivity index (χ0) is 13.2. The highest BCUT2D eigenvalue weighted by Crippen LogP contribution is 2.23. The van der Waals surface area contributed by atoms with Crippen molar-refractivity contribution in [2.45, 2.75) is 13.0 Å². The molecule has 0 aromatic carbocycles. The summed E-state index contributed by atoms with van der Waals surface area (Å²) in [6.07, 6.45) is 1.62. The molecule has 0 N–H and O–H groups in total. The van der Waals surface area contributed by atoms with Gasteiger partial charge in [-0.1, -0.05) is 5.16 Å². The predicted octanol–water partition coefficient (Wildman–Crippen LogP) is 2.11. The quantitative estimate of drug-likeness (QED) is 0.843. The third kappa shape index (κ3) is 2.76. The third-order valence-corrected chi connectivity index (χ3v) is 3.40. The largest absolute Gasteiger partial charge is 0.366 e. The van der Waals surface area contributed by atoms with Crippen LogP contribution in [0, 0.1) is 6.92 Å². The van der Waals surface area contributed by atoms with Crippen LogP contribution in [0.5, 0.6) is 0 Å². The third-order valence-electron chi connectivity index (χ3n) is 2.93. The fourth-order valence-corrected chi connectivity index (χ4v) is 2.25. The van der Waals surface area contributed by atoms with Gasteiger partial charge in [-0.3, -0.25) is 0 Å². The minimum absolute atomic E-state index is 0.170. The fourth-order valence-electron chi connectivity index (χ4n) is 2.01. The van der Waals surface area contributed by atoms with Gasteiger partial charge in [0.25, 0.3) is 0 Å². The van der Waals surface area contributed by atoms with Crippen LogP contribution in [0.25, 0.3) is 0 Å². The number of halogens is 1. The van der Waals surface area contributed by atoms with E-state index in [2.05, 4.69) is 36.0 Å². The van der Waals surface area contributed by atoms with Crippen LogP contribution in [0.4, 0.5) is 5.82 Å². The van der Waals surface area contributed by atoms with Gasteiger partial charge in [-0.25, -0.2) is 4.98 Å². The molecule has 3 rings (SSSR count). The van der Waals surface area contributed by atoms with Crippen LogP contribution >= 0.6 is 15.9 Å². The maximum absolute atomic E-state index is 5.69. The molecular formula is C12H13BrN4O2. The molecule has 0 spiro atoms. The molecule has 1 atom stereocenters. The molecule has 2 aromatic rings. The number of ether oxygens (including phenoxy) is 1. The van der Waals surface area contributed by atoms with E-state index in [1.54, 1.807) is 13.1 Å². The number of aromatic nitrogens is 3. The molecule has 0 radical (unpaired) electrons. The lowest BCUT2D eigenvalue weighted by atomic mass is 10.2. The SMILES string of the molecule is Cc1nc(C2CN(c3ccc(Br)cn3)CCO2)no1. The van der Waals surface area contributed by atoms with Crippen LogP contribution in [0.2, 0.25) is 0 Å². The van der Waals surface area contributed by atoms with Crippen molar-refractivity contribution in [3.05, 3.63) is 34.5 Å². The van der Waals surface area contributed by atoms with E-state index in [4.69, 9.17) is 9.26 Å². The van der Waals surface area contributed by atoms with Gasteiger partial charge < -0.3 is 14.2 Å². The normalized spacial score (nSPS) is 19.7. The highest BCUT2D eigenvalue weighted by atomic mass is 79.9. The van der Waals surface area contributed by atoms with Crippen molar-refractivity contribution in [3.8, 4) is 0 Å². The highest BCUT2D eigenvalue weighted by molar-refractivity contribution is 9.10.